The van der Waals surface area contributed by atoms with Gasteiger partial charge in [0.1, 0.15) is 0 Å². The fourth-order valence-electron chi connectivity index (χ4n) is 4.24. The zero-order chi connectivity index (χ0) is 14.7. The van der Waals surface area contributed by atoms with Crippen molar-refractivity contribution in [3.8, 4) is 0 Å². The first-order valence-corrected chi connectivity index (χ1v) is 8.94. The highest BCUT2D eigenvalue weighted by Gasteiger charge is 2.38. The first kappa shape index (κ1) is 15.3. The molecule has 0 bridgehead atoms. The molecule has 0 spiro atoms. The smallest absolute Gasteiger partial charge is 0.242 e. The van der Waals surface area contributed by atoms with Gasteiger partial charge in [0.2, 0.25) is 5.91 Å². The Labute approximate surface area is 129 Å². The Hall–Kier alpha value is -0.610. The minimum atomic E-state index is -0.292. The minimum absolute atomic E-state index is 0.292. The predicted octanol–water partition coefficient (Wildman–Crippen LogP) is 1.85. The molecule has 1 atom stereocenters. The van der Waals surface area contributed by atoms with Gasteiger partial charge in [0.15, 0.2) is 0 Å². The third kappa shape index (κ3) is 3.59. The second kappa shape index (κ2) is 6.66. The standard InChI is InChI=1S/C17H31N3O/c1-17(8-2-3-9-18-17)16(21)20-12-6-15(7-13-20)14-19-10-4-5-11-19/h15,18H,2-14H2,1H3. The van der Waals surface area contributed by atoms with Gasteiger partial charge in [0, 0.05) is 19.6 Å². The maximum atomic E-state index is 12.8. The average molecular weight is 293 g/mol. The van der Waals surface area contributed by atoms with Gasteiger partial charge in [-0.25, -0.2) is 0 Å². The van der Waals surface area contributed by atoms with Crippen LogP contribution in [0, 0.1) is 5.92 Å². The van der Waals surface area contributed by atoms with Gasteiger partial charge >= 0.3 is 0 Å². The summed E-state index contributed by atoms with van der Waals surface area (Å²) < 4.78 is 0. The number of hydrogen-bond acceptors (Lipinski definition) is 3. The third-order valence-corrected chi connectivity index (χ3v) is 5.71. The van der Waals surface area contributed by atoms with Gasteiger partial charge in [-0.05, 0) is 77.4 Å². The van der Waals surface area contributed by atoms with Crippen LogP contribution in [0.5, 0.6) is 0 Å². The van der Waals surface area contributed by atoms with Gasteiger partial charge in [-0.15, -0.1) is 0 Å². The first-order chi connectivity index (χ1) is 10.2. The van der Waals surface area contributed by atoms with E-state index in [2.05, 4.69) is 22.0 Å². The van der Waals surface area contributed by atoms with Crippen molar-refractivity contribution in [2.75, 3.05) is 39.3 Å². The maximum Gasteiger partial charge on any atom is 0.242 e. The average Bonchev–Trinajstić information content (AvgIpc) is 3.01. The summed E-state index contributed by atoms with van der Waals surface area (Å²) in [5, 5.41) is 3.46. The summed E-state index contributed by atoms with van der Waals surface area (Å²) in [7, 11) is 0. The van der Waals surface area contributed by atoms with Crippen LogP contribution in [0.15, 0.2) is 0 Å². The van der Waals surface area contributed by atoms with Crippen molar-refractivity contribution >= 4 is 5.91 Å². The number of nitrogens with zero attached hydrogens (tertiary/aromatic N) is 2. The van der Waals surface area contributed by atoms with Gasteiger partial charge in [-0.3, -0.25) is 4.79 Å². The van der Waals surface area contributed by atoms with Crippen LogP contribution in [0.2, 0.25) is 0 Å². The molecule has 3 aliphatic rings. The molecule has 0 aliphatic carbocycles. The molecule has 3 aliphatic heterocycles. The van der Waals surface area contributed by atoms with Crippen LogP contribution >= 0.6 is 0 Å². The Morgan fingerprint density at radius 3 is 2.43 bits per heavy atom. The molecule has 0 aromatic rings. The third-order valence-electron chi connectivity index (χ3n) is 5.71. The number of amides is 1. The van der Waals surface area contributed by atoms with Gasteiger partial charge in [0.25, 0.3) is 0 Å². The van der Waals surface area contributed by atoms with Gasteiger partial charge in [0.05, 0.1) is 5.54 Å². The van der Waals surface area contributed by atoms with Gasteiger partial charge < -0.3 is 15.1 Å². The molecule has 0 saturated carbocycles. The summed E-state index contributed by atoms with van der Waals surface area (Å²) in [5.41, 5.74) is -0.292. The van der Waals surface area contributed by atoms with E-state index in [9.17, 15) is 4.79 Å². The minimum Gasteiger partial charge on any atom is -0.341 e. The molecule has 0 radical (unpaired) electrons. The van der Waals surface area contributed by atoms with Gasteiger partial charge in [-0.1, -0.05) is 0 Å². The molecule has 3 heterocycles. The SMILES string of the molecule is CC1(C(=O)N2CCC(CN3CCCC3)CC2)CCCCN1. The highest BCUT2D eigenvalue weighted by atomic mass is 16.2. The molecule has 3 rings (SSSR count). The molecule has 21 heavy (non-hydrogen) atoms. The molecular weight excluding hydrogens is 262 g/mol. The fourth-order valence-corrected chi connectivity index (χ4v) is 4.24. The Balaban J connectivity index is 1.47. The van der Waals surface area contributed by atoms with E-state index in [1.165, 1.54) is 58.2 Å². The summed E-state index contributed by atoms with van der Waals surface area (Å²) in [4.78, 5) is 17.5. The molecular formula is C17H31N3O. The quantitative estimate of drug-likeness (QED) is 0.862. The Morgan fingerprint density at radius 1 is 1.10 bits per heavy atom. The zero-order valence-corrected chi connectivity index (χ0v) is 13.6. The van der Waals surface area contributed by atoms with E-state index in [1.54, 1.807) is 0 Å². The topological polar surface area (TPSA) is 35.6 Å². The van der Waals surface area contributed by atoms with Crippen molar-refractivity contribution in [2.24, 2.45) is 5.92 Å². The lowest BCUT2D eigenvalue weighted by molar-refractivity contribution is -0.140. The van der Waals surface area contributed by atoms with Crippen molar-refractivity contribution in [3.05, 3.63) is 0 Å². The molecule has 4 nitrogen and oxygen atoms in total. The lowest BCUT2D eigenvalue weighted by atomic mass is 9.88. The van der Waals surface area contributed by atoms with E-state index >= 15 is 0 Å². The number of hydrogen-bond donors (Lipinski definition) is 1. The molecule has 0 aromatic heterocycles. The number of carbonyl (C=O) groups excluding carboxylic acids is 1. The van der Waals surface area contributed by atoms with Crippen LogP contribution in [0.4, 0.5) is 0 Å². The second-order valence-corrected chi connectivity index (χ2v) is 7.46. The molecule has 3 fully saturated rings. The Kier molecular flexibility index (Phi) is 4.85. The number of carbonyl (C=O) groups is 1. The highest BCUT2D eigenvalue weighted by Crippen LogP contribution is 2.26. The monoisotopic (exact) mass is 293 g/mol. The summed E-state index contributed by atoms with van der Waals surface area (Å²) in [5.74, 6) is 1.15. The van der Waals surface area contributed by atoms with Crippen LogP contribution < -0.4 is 5.32 Å². The summed E-state index contributed by atoms with van der Waals surface area (Å²) in [6.07, 6.45) is 8.53. The normalized spacial score (nSPS) is 32.5. The van der Waals surface area contributed by atoms with Crippen molar-refractivity contribution in [1.29, 1.82) is 0 Å². The number of nitrogens with one attached hydrogen (secondary N) is 1. The van der Waals surface area contributed by atoms with E-state index < -0.39 is 0 Å². The van der Waals surface area contributed by atoms with E-state index in [0.29, 0.717) is 5.91 Å². The van der Waals surface area contributed by atoms with E-state index in [4.69, 9.17) is 0 Å². The Morgan fingerprint density at radius 2 is 1.81 bits per heavy atom. The lowest BCUT2D eigenvalue weighted by Crippen LogP contribution is -2.59. The van der Waals surface area contributed by atoms with E-state index in [-0.39, 0.29) is 5.54 Å². The summed E-state index contributed by atoms with van der Waals surface area (Å²) >= 11 is 0. The lowest BCUT2D eigenvalue weighted by Gasteiger charge is -2.41. The zero-order valence-electron chi connectivity index (χ0n) is 13.6. The van der Waals surface area contributed by atoms with Crippen LogP contribution in [0.25, 0.3) is 0 Å². The van der Waals surface area contributed by atoms with Gasteiger partial charge in [-0.2, -0.15) is 0 Å². The van der Waals surface area contributed by atoms with Crippen LogP contribution in [0.1, 0.15) is 51.9 Å². The predicted molar refractivity (Wildman–Crippen MR) is 85.2 cm³/mol. The molecule has 0 aromatic carbocycles. The van der Waals surface area contributed by atoms with Crippen molar-refractivity contribution in [3.63, 3.8) is 0 Å². The number of likely N-dealkylation sites (tertiary alicyclic amines) is 2. The molecule has 1 amide bonds. The second-order valence-electron chi connectivity index (χ2n) is 7.46. The number of rotatable bonds is 3. The molecule has 1 N–H and O–H groups in total. The van der Waals surface area contributed by atoms with E-state index in [1.807, 2.05) is 0 Å². The van der Waals surface area contributed by atoms with Crippen LogP contribution in [-0.2, 0) is 4.79 Å². The van der Waals surface area contributed by atoms with E-state index in [0.717, 1.165) is 32.0 Å². The largest absolute Gasteiger partial charge is 0.341 e. The molecule has 4 heteroatoms. The summed E-state index contributed by atoms with van der Waals surface area (Å²) in [6, 6.07) is 0. The number of piperidine rings is 2. The molecule has 3 saturated heterocycles. The first-order valence-electron chi connectivity index (χ1n) is 8.94. The van der Waals surface area contributed by atoms with Crippen molar-refractivity contribution in [2.45, 2.75) is 57.4 Å². The fraction of sp³-hybridized carbons (Fsp3) is 0.941. The molecule has 1 unspecified atom stereocenters. The van der Waals surface area contributed by atoms with Crippen molar-refractivity contribution < 1.29 is 4.79 Å². The Bertz CT molecular complexity index is 351. The highest BCUT2D eigenvalue weighted by molar-refractivity contribution is 5.86. The maximum absolute atomic E-state index is 12.8. The summed E-state index contributed by atoms with van der Waals surface area (Å²) in [6.45, 7) is 8.88. The van der Waals surface area contributed by atoms with Crippen molar-refractivity contribution in [1.82, 2.24) is 15.1 Å². The van der Waals surface area contributed by atoms with Crippen LogP contribution in [-0.4, -0.2) is 60.5 Å². The van der Waals surface area contributed by atoms with Crippen LogP contribution in [0.3, 0.4) is 0 Å². The molecule has 120 valence electrons.